The van der Waals surface area contributed by atoms with Crippen LogP contribution in [0.1, 0.15) is 25.3 Å². The van der Waals surface area contributed by atoms with Gasteiger partial charge in [-0.15, -0.1) is 0 Å². The number of rotatable bonds is 3. The summed E-state index contributed by atoms with van der Waals surface area (Å²) in [4.78, 5) is 2.31. The molecule has 1 aliphatic rings. The van der Waals surface area contributed by atoms with E-state index >= 15 is 0 Å². The molecule has 1 aromatic carbocycles. The lowest BCUT2D eigenvalue weighted by Gasteiger charge is -2.20. The van der Waals surface area contributed by atoms with E-state index in [0.29, 0.717) is 12.0 Å². The fourth-order valence-electron chi connectivity index (χ4n) is 2.47. The Balaban J connectivity index is 2.39. The Morgan fingerprint density at radius 3 is 2.94 bits per heavy atom. The second-order valence-corrected chi connectivity index (χ2v) is 4.43. The second kappa shape index (κ2) is 4.42. The molecule has 2 unspecified atom stereocenters. The van der Waals surface area contributed by atoms with Crippen LogP contribution in [0.2, 0.25) is 0 Å². The molecule has 0 saturated carbocycles. The van der Waals surface area contributed by atoms with E-state index in [9.17, 15) is 4.39 Å². The third-order valence-corrected chi connectivity index (χ3v) is 3.59. The lowest BCUT2D eigenvalue weighted by Crippen LogP contribution is -2.32. The Morgan fingerprint density at radius 2 is 2.31 bits per heavy atom. The molecule has 0 radical (unpaired) electrons. The molecular formula is C13H19FN2. The number of nitrogens with zero attached hydrogens (tertiary/aromatic N) is 1. The van der Waals surface area contributed by atoms with Crippen molar-refractivity contribution >= 4 is 5.69 Å². The third-order valence-electron chi connectivity index (χ3n) is 3.59. The highest BCUT2D eigenvalue weighted by atomic mass is 19.1. The van der Waals surface area contributed by atoms with Gasteiger partial charge in [0.25, 0.3) is 0 Å². The highest BCUT2D eigenvalue weighted by molar-refractivity contribution is 5.60. The van der Waals surface area contributed by atoms with Crippen molar-refractivity contribution in [2.24, 2.45) is 0 Å². The topological polar surface area (TPSA) is 15.3 Å². The Hall–Kier alpha value is -1.09. The minimum atomic E-state index is -0.134. The monoisotopic (exact) mass is 222 g/mol. The minimum Gasteiger partial charge on any atom is -0.371 e. The molecule has 88 valence electrons. The van der Waals surface area contributed by atoms with Crippen molar-refractivity contribution in [2.75, 3.05) is 25.0 Å². The number of fused-ring (bicyclic) bond motifs is 1. The van der Waals surface area contributed by atoms with Crippen molar-refractivity contribution in [3.05, 3.63) is 29.6 Å². The van der Waals surface area contributed by atoms with Crippen molar-refractivity contribution < 1.29 is 4.39 Å². The predicted octanol–water partition coefficient (Wildman–Crippen LogP) is 2.36. The first-order valence-corrected chi connectivity index (χ1v) is 5.89. The highest BCUT2D eigenvalue weighted by Crippen LogP contribution is 2.38. The molecule has 0 fully saturated rings. The van der Waals surface area contributed by atoms with E-state index < -0.39 is 0 Å². The summed E-state index contributed by atoms with van der Waals surface area (Å²) in [5.74, 6) is 0.251. The van der Waals surface area contributed by atoms with Crippen molar-refractivity contribution in [2.45, 2.75) is 25.8 Å². The maximum atomic E-state index is 13.3. The van der Waals surface area contributed by atoms with Gasteiger partial charge in [-0.1, -0.05) is 0 Å². The molecule has 1 N–H and O–H groups in total. The lowest BCUT2D eigenvalue weighted by molar-refractivity contribution is 0.507. The molecule has 0 aromatic heterocycles. The van der Waals surface area contributed by atoms with Gasteiger partial charge in [-0.2, -0.15) is 0 Å². The van der Waals surface area contributed by atoms with E-state index in [4.69, 9.17) is 0 Å². The van der Waals surface area contributed by atoms with Crippen LogP contribution in [0.15, 0.2) is 18.2 Å². The van der Waals surface area contributed by atoms with E-state index in [1.165, 1.54) is 5.69 Å². The summed E-state index contributed by atoms with van der Waals surface area (Å²) in [7, 11) is 1.96. The molecule has 1 heterocycles. The summed E-state index contributed by atoms with van der Waals surface area (Å²) in [6, 6.07) is 5.51. The van der Waals surface area contributed by atoms with E-state index in [1.54, 1.807) is 12.1 Å². The summed E-state index contributed by atoms with van der Waals surface area (Å²) in [6.45, 7) is 6.25. The number of likely N-dealkylation sites (N-methyl/N-ethyl adjacent to an activating group) is 2. The zero-order valence-electron chi connectivity index (χ0n) is 10.1. The van der Waals surface area contributed by atoms with E-state index in [1.807, 2.05) is 13.1 Å². The molecule has 0 amide bonds. The van der Waals surface area contributed by atoms with Gasteiger partial charge in [0.1, 0.15) is 5.82 Å². The molecule has 0 spiro atoms. The Labute approximate surface area is 96.5 Å². The maximum absolute atomic E-state index is 13.3. The Bertz CT molecular complexity index is 378. The van der Waals surface area contributed by atoms with E-state index in [0.717, 1.165) is 18.7 Å². The van der Waals surface area contributed by atoms with Gasteiger partial charge in [0, 0.05) is 30.7 Å². The summed E-state index contributed by atoms with van der Waals surface area (Å²) in [6.07, 6.45) is 0. The van der Waals surface area contributed by atoms with Gasteiger partial charge >= 0.3 is 0 Å². The van der Waals surface area contributed by atoms with Crippen molar-refractivity contribution in [3.63, 3.8) is 0 Å². The molecule has 3 heteroatoms. The zero-order valence-corrected chi connectivity index (χ0v) is 10.1. The SMILES string of the molecule is CCN1CC(C(C)NC)c2cc(F)ccc21. The van der Waals surface area contributed by atoms with Crippen LogP contribution in [0.25, 0.3) is 0 Å². The fraction of sp³-hybridized carbons (Fsp3) is 0.538. The second-order valence-electron chi connectivity index (χ2n) is 4.43. The average molecular weight is 222 g/mol. The lowest BCUT2D eigenvalue weighted by atomic mass is 9.94. The number of hydrogen-bond donors (Lipinski definition) is 1. The molecule has 1 aliphatic heterocycles. The van der Waals surface area contributed by atoms with Crippen LogP contribution in [0.5, 0.6) is 0 Å². The molecule has 2 atom stereocenters. The summed E-state index contributed by atoms with van der Waals surface area (Å²) in [5.41, 5.74) is 2.33. The number of anilines is 1. The largest absolute Gasteiger partial charge is 0.371 e. The van der Waals surface area contributed by atoms with Crippen LogP contribution in [0.3, 0.4) is 0 Å². The molecule has 16 heavy (non-hydrogen) atoms. The van der Waals surface area contributed by atoms with Crippen LogP contribution >= 0.6 is 0 Å². The smallest absolute Gasteiger partial charge is 0.123 e. The minimum absolute atomic E-state index is 0.134. The van der Waals surface area contributed by atoms with E-state index in [-0.39, 0.29) is 5.82 Å². The number of benzene rings is 1. The first-order chi connectivity index (χ1) is 7.67. The third kappa shape index (κ3) is 1.80. The highest BCUT2D eigenvalue weighted by Gasteiger charge is 2.31. The molecule has 2 nitrogen and oxygen atoms in total. The first-order valence-electron chi connectivity index (χ1n) is 5.89. The standard InChI is InChI=1S/C13H19FN2/c1-4-16-8-12(9(2)15-3)11-7-10(14)5-6-13(11)16/h5-7,9,12,15H,4,8H2,1-3H3. The van der Waals surface area contributed by atoms with Gasteiger partial charge in [-0.25, -0.2) is 4.39 Å². The summed E-state index contributed by atoms with van der Waals surface area (Å²) >= 11 is 0. The van der Waals surface area contributed by atoms with Crippen LogP contribution in [-0.4, -0.2) is 26.2 Å². The van der Waals surface area contributed by atoms with Gasteiger partial charge in [0.15, 0.2) is 0 Å². The Morgan fingerprint density at radius 1 is 1.56 bits per heavy atom. The quantitative estimate of drug-likeness (QED) is 0.844. The molecular weight excluding hydrogens is 203 g/mol. The normalized spacial score (nSPS) is 21.0. The summed E-state index contributed by atoms with van der Waals surface area (Å²) in [5, 5.41) is 3.26. The zero-order chi connectivity index (χ0) is 11.7. The number of hydrogen-bond acceptors (Lipinski definition) is 2. The molecule has 2 rings (SSSR count). The van der Waals surface area contributed by atoms with E-state index in [2.05, 4.69) is 24.1 Å². The number of nitrogens with one attached hydrogen (secondary N) is 1. The van der Waals surface area contributed by atoms with Crippen molar-refractivity contribution in [1.29, 1.82) is 0 Å². The fourth-order valence-corrected chi connectivity index (χ4v) is 2.47. The van der Waals surface area contributed by atoms with Gasteiger partial charge < -0.3 is 10.2 Å². The average Bonchev–Trinajstić information content (AvgIpc) is 2.66. The van der Waals surface area contributed by atoms with Crippen LogP contribution in [0, 0.1) is 5.82 Å². The Kier molecular flexibility index (Phi) is 3.15. The summed E-state index contributed by atoms with van der Waals surface area (Å²) < 4.78 is 13.3. The molecule has 0 aliphatic carbocycles. The van der Waals surface area contributed by atoms with Crippen LogP contribution in [0.4, 0.5) is 10.1 Å². The van der Waals surface area contributed by atoms with Crippen molar-refractivity contribution in [1.82, 2.24) is 5.32 Å². The number of halogens is 1. The van der Waals surface area contributed by atoms with Gasteiger partial charge in [-0.05, 0) is 44.7 Å². The predicted molar refractivity (Wildman–Crippen MR) is 65.5 cm³/mol. The van der Waals surface area contributed by atoms with Crippen LogP contribution < -0.4 is 10.2 Å². The van der Waals surface area contributed by atoms with Gasteiger partial charge in [0.2, 0.25) is 0 Å². The van der Waals surface area contributed by atoms with Crippen molar-refractivity contribution in [3.8, 4) is 0 Å². The molecule has 0 saturated heterocycles. The van der Waals surface area contributed by atoms with Gasteiger partial charge in [-0.3, -0.25) is 0 Å². The molecule has 1 aromatic rings. The maximum Gasteiger partial charge on any atom is 0.123 e. The first kappa shape index (κ1) is 11.4. The molecule has 0 bridgehead atoms. The van der Waals surface area contributed by atoms with Crippen LogP contribution in [-0.2, 0) is 0 Å². The van der Waals surface area contributed by atoms with Gasteiger partial charge in [0.05, 0.1) is 0 Å².